The van der Waals surface area contributed by atoms with E-state index in [-0.39, 0.29) is 0 Å². The topological polar surface area (TPSA) is 26.0 Å². The molecule has 0 spiro atoms. The number of rotatable bonds is 2. The average Bonchev–Trinajstić information content (AvgIpc) is 2.56. The second-order valence-corrected chi connectivity index (χ2v) is 5.06. The van der Waals surface area contributed by atoms with Gasteiger partial charge < -0.3 is 4.42 Å². The molecule has 0 aliphatic carbocycles. The Hall–Kier alpha value is -1.02. The van der Waals surface area contributed by atoms with Crippen molar-refractivity contribution in [1.82, 2.24) is 4.98 Å². The van der Waals surface area contributed by atoms with Crippen LogP contribution in [-0.4, -0.2) is 4.98 Å². The van der Waals surface area contributed by atoms with Crippen molar-refractivity contribution in [2.45, 2.75) is 34.1 Å². The molecule has 2 nitrogen and oxygen atoms in total. The van der Waals surface area contributed by atoms with Crippen molar-refractivity contribution in [3.8, 4) is 0 Å². The molecule has 0 saturated carbocycles. The predicted molar refractivity (Wildman–Crippen MR) is 67.0 cm³/mol. The molecule has 0 radical (unpaired) electrons. The van der Waals surface area contributed by atoms with E-state index < -0.39 is 0 Å². The number of hydrogen-bond donors (Lipinski definition) is 0. The minimum atomic E-state index is 0.546. The molecule has 86 valence electrons. The van der Waals surface area contributed by atoms with E-state index in [0.29, 0.717) is 5.92 Å². The Morgan fingerprint density at radius 2 is 2.06 bits per heavy atom. The molecule has 0 fully saturated rings. The van der Waals surface area contributed by atoms with Gasteiger partial charge in [-0.05, 0) is 37.0 Å². The van der Waals surface area contributed by atoms with Crippen LogP contribution in [0.25, 0.3) is 11.1 Å². The number of aryl methyl sites for hydroxylation is 2. The zero-order valence-electron chi connectivity index (χ0n) is 10.1. The summed E-state index contributed by atoms with van der Waals surface area (Å²) < 4.78 is 5.73. The van der Waals surface area contributed by atoms with E-state index in [4.69, 9.17) is 16.0 Å². The standard InChI is InChI=1S/C13H16ClNO/c1-7(2)5-11-15-13-9(4)12(14)8(3)6-10(13)16-11/h6-7H,5H2,1-4H3. The molecule has 0 bridgehead atoms. The van der Waals surface area contributed by atoms with E-state index in [9.17, 15) is 0 Å². The summed E-state index contributed by atoms with van der Waals surface area (Å²) in [7, 11) is 0. The average molecular weight is 238 g/mol. The molecular formula is C13H16ClNO. The van der Waals surface area contributed by atoms with Crippen LogP contribution in [0, 0.1) is 19.8 Å². The Bertz CT molecular complexity index is 528. The van der Waals surface area contributed by atoms with Crippen molar-refractivity contribution in [1.29, 1.82) is 0 Å². The Morgan fingerprint density at radius 3 is 2.69 bits per heavy atom. The van der Waals surface area contributed by atoms with Gasteiger partial charge in [0.1, 0.15) is 5.52 Å². The van der Waals surface area contributed by atoms with Crippen LogP contribution in [0.1, 0.15) is 30.9 Å². The largest absolute Gasteiger partial charge is 0.441 e. The number of hydrogen-bond acceptors (Lipinski definition) is 2. The van der Waals surface area contributed by atoms with Gasteiger partial charge in [-0.3, -0.25) is 0 Å². The number of nitrogens with zero attached hydrogens (tertiary/aromatic N) is 1. The molecule has 0 atom stereocenters. The molecule has 1 aromatic carbocycles. The van der Waals surface area contributed by atoms with Crippen LogP contribution in [0.4, 0.5) is 0 Å². The first-order valence-corrected chi connectivity index (χ1v) is 5.92. The second-order valence-electron chi connectivity index (χ2n) is 4.68. The number of oxazole rings is 1. The molecule has 1 aromatic heterocycles. The molecule has 1 heterocycles. The molecular weight excluding hydrogens is 222 g/mol. The lowest BCUT2D eigenvalue weighted by atomic mass is 10.1. The smallest absolute Gasteiger partial charge is 0.195 e. The van der Waals surface area contributed by atoms with Gasteiger partial charge in [-0.15, -0.1) is 0 Å². The summed E-state index contributed by atoms with van der Waals surface area (Å²) in [6.07, 6.45) is 0.866. The first kappa shape index (κ1) is 11.5. The van der Waals surface area contributed by atoms with Crippen LogP contribution in [0.3, 0.4) is 0 Å². The third-order valence-corrected chi connectivity index (χ3v) is 3.24. The fourth-order valence-electron chi connectivity index (χ4n) is 1.84. The van der Waals surface area contributed by atoms with Gasteiger partial charge in [0, 0.05) is 11.4 Å². The minimum absolute atomic E-state index is 0.546. The summed E-state index contributed by atoms with van der Waals surface area (Å²) in [5.41, 5.74) is 3.79. The van der Waals surface area contributed by atoms with Crippen molar-refractivity contribution >= 4 is 22.7 Å². The SMILES string of the molecule is Cc1cc2oc(CC(C)C)nc2c(C)c1Cl. The Balaban J connectivity index is 2.57. The second kappa shape index (κ2) is 4.10. The monoisotopic (exact) mass is 237 g/mol. The molecule has 3 heteroatoms. The van der Waals surface area contributed by atoms with Gasteiger partial charge in [-0.2, -0.15) is 0 Å². The zero-order valence-corrected chi connectivity index (χ0v) is 10.9. The summed E-state index contributed by atoms with van der Waals surface area (Å²) in [6.45, 7) is 8.28. The lowest BCUT2D eigenvalue weighted by Crippen LogP contribution is -1.93. The Kier molecular flexibility index (Phi) is 2.94. The first-order chi connectivity index (χ1) is 7.49. The molecule has 0 aliphatic rings. The minimum Gasteiger partial charge on any atom is -0.441 e. The molecule has 0 saturated heterocycles. The van der Waals surface area contributed by atoms with Crippen molar-refractivity contribution in [2.75, 3.05) is 0 Å². The molecule has 0 N–H and O–H groups in total. The zero-order chi connectivity index (χ0) is 11.9. The maximum atomic E-state index is 6.19. The number of fused-ring (bicyclic) bond motifs is 1. The van der Waals surface area contributed by atoms with Crippen LogP contribution >= 0.6 is 11.6 Å². The number of benzene rings is 1. The van der Waals surface area contributed by atoms with Crippen LogP contribution in [0.15, 0.2) is 10.5 Å². The molecule has 0 unspecified atom stereocenters. The highest BCUT2D eigenvalue weighted by molar-refractivity contribution is 6.33. The van der Waals surface area contributed by atoms with Crippen LogP contribution in [0.5, 0.6) is 0 Å². The summed E-state index contributed by atoms with van der Waals surface area (Å²) in [5.74, 6) is 1.35. The molecule has 0 aliphatic heterocycles. The fourth-order valence-corrected chi connectivity index (χ4v) is 1.98. The van der Waals surface area contributed by atoms with E-state index >= 15 is 0 Å². The summed E-state index contributed by atoms with van der Waals surface area (Å²) in [5, 5.41) is 0.789. The Labute approximate surface area is 101 Å². The van der Waals surface area contributed by atoms with E-state index in [0.717, 1.165) is 39.6 Å². The van der Waals surface area contributed by atoms with Crippen LogP contribution in [0.2, 0.25) is 5.02 Å². The van der Waals surface area contributed by atoms with Crippen molar-refractivity contribution in [3.63, 3.8) is 0 Å². The normalized spacial score (nSPS) is 11.6. The van der Waals surface area contributed by atoms with Gasteiger partial charge in [0.05, 0.1) is 0 Å². The van der Waals surface area contributed by atoms with Gasteiger partial charge in [-0.25, -0.2) is 4.98 Å². The molecule has 0 amide bonds. The Morgan fingerprint density at radius 1 is 1.38 bits per heavy atom. The summed E-state index contributed by atoms with van der Waals surface area (Å²) in [4.78, 5) is 4.50. The molecule has 16 heavy (non-hydrogen) atoms. The van der Waals surface area contributed by atoms with Crippen LogP contribution in [-0.2, 0) is 6.42 Å². The van der Waals surface area contributed by atoms with E-state index in [1.807, 2.05) is 19.9 Å². The van der Waals surface area contributed by atoms with Gasteiger partial charge >= 0.3 is 0 Å². The van der Waals surface area contributed by atoms with Crippen LogP contribution < -0.4 is 0 Å². The maximum Gasteiger partial charge on any atom is 0.195 e. The lowest BCUT2D eigenvalue weighted by molar-refractivity contribution is 0.482. The van der Waals surface area contributed by atoms with E-state index in [1.54, 1.807) is 0 Å². The van der Waals surface area contributed by atoms with Gasteiger partial charge in [0.25, 0.3) is 0 Å². The summed E-state index contributed by atoms with van der Waals surface area (Å²) in [6, 6.07) is 1.96. The highest BCUT2D eigenvalue weighted by Gasteiger charge is 2.13. The number of aromatic nitrogens is 1. The summed E-state index contributed by atoms with van der Waals surface area (Å²) >= 11 is 6.19. The first-order valence-electron chi connectivity index (χ1n) is 5.54. The van der Waals surface area contributed by atoms with Crippen molar-refractivity contribution in [2.24, 2.45) is 5.92 Å². The predicted octanol–water partition coefficient (Wildman–Crippen LogP) is 4.30. The third-order valence-electron chi connectivity index (χ3n) is 2.66. The van der Waals surface area contributed by atoms with Crippen molar-refractivity contribution in [3.05, 3.63) is 28.1 Å². The van der Waals surface area contributed by atoms with E-state index in [1.165, 1.54) is 0 Å². The third kappa shape index (κ3) is 1.94. The van der Waals surface area contributed by atoms with Gasteiger partial charge in [0.15, 0.2) is 11.5 Å². The molecule has 2 rings (SSSR count). The highest BCUT2D eigenvalue weighted by atomic mass is 35.5. The highest BCUT2D eigenvalue weighted by Crippen LogP contribution is 2.29. The fraction of sp³-hybridized carbons (Fsp3) is 0.462. The van der Waals surface area contributed by atoms with Gasteiger partial charge in [-0.1, -0.05) is 25.4 Å². The quantitative estimate of drug-likeness (QED) is 0.779. The lowest BCUT2D eigenvalue weighted by Gasteiger charge is -2.00. The van der Waals surface area contributed by atoms with Crippen molar-refractivity contribution < 1.29 is 4.42 Å². The molecule has 2 aromatic rings. The number of halogens is 1. The maximum absolute atomic E-state index is 6.19. The van der Waals surface area contributed by atoms with Gasteiger partial charge in [0.2, 0.25) is 0 Å². The van der Waals surface area contributed by atoms with E-state index in [2.05, 4.69) is 18.8 Å².